The zero-order valence-corrected chi connectivity index (χ0v) is 7.90. The summed E-state index contributed by atoms with van der Waals surface area (Å²) in [6, 6.07) is 0. The normalized spacial score (nSPS) is 35.5. The molecule has 0 aromatic rings. The van der Waals surface area contributed by atoms with Crippen molar-refractivity contribution < 1.29 is 5.21 Å². The number of alkyl halides is 1. The highest BCUT2D eigenvalue weighted by Gasteiger charge is 2.32. The van der Waals surface area contributed by atoms with Crippen molar-refractivity contribution in [2.24, 2.45) is 11.1 Å². The molecule has 11 heavy (non-hydrogen) atoms. The second-order valence-electron chi connectivity index (χ2n) is 2.76. The number of rotatable bonds is 1. The van der Waals surface area contributed by atoms with E-state index in [4.69, 9.17) is 16.8 Å². The Morgan fingerprint density at radius 3 is 2.82 bits per heavy atom. The minimum absolute atomic E-state index is 0.158. The van der Waals surface area contributed by atoms with Crippen LogP contribution in [-0.4, -0.2) is 20.9 Å². The van der Waals surface area contributed by atoms with E-state index >= 15 is 0 Å². The predicted molar refractivity (Wildman–Crippen MR) is 49.4 cm³/mol. The van der Waals surface area contributed by atoms with Crippen LogP contribution in [0, 0.1) is 12.8 Å². The third-order valence-corrected chi connectivity index (χ3v) is 3.78. The van der Waals surface area contributed by atoms with Gasteiger partial charge in [0, 0.05) is 11.7 Å². The van der Waals surface area contributed by atoms with Crippen LogP contribution >= 0.6 is 23.4 Å². The Labute approximate surface area is 76.0 Å². The van der Waals surface area contributed by atoms with E-state index in [1.165, 1.54) is 0 Å². The van der Waals surface area contributed by atoms with E-state index in [2.05, 4.69) is 12.1 Å². The zero-order chi connectivity index (χ0) is 8.43. The van der Waals surface area contributed by atoms with Gasteiger partial charge in [-0.1, -0.05) is 12.1 Å². The molecule has 1 heterocycles. The molecule has 1 saturated heterocycles. The molecule has 0 spiro atoms. The fraction of sp³-hybridized carbons (Fsp3) is 0.714. The second kappa shape index (κ2) is 3.68. The van der Waals surface area contributed by atoms with E-state index in [1.54, 1.807) is 11.8 Å². The molecule has 0 bridgehead atoms. The monoisotopic (exact) mass is 192 g/mol. The summed E-state index contributed by atoms with van der Waals surface area (Å²) in [5.41, 5.74) is 0.678. The molecule has 0 aromatic heterocycles. The van der Waals surface area contributed by atoms with Gasteiger partial charge in [-0.2, -0.15) is 0 Å². The van der Waals surface area contributed by atoms with Gasteiger partial charge in [-0.3, -0.25) is 0 Å². The summed E-state index contributed by atoms with van der Waals surface area (Å²) in [7, 11) is 0. The first kappa shape index (κ1) is 9.20. The zero-order valence-electron chi connectivity index (χ0n) is 6.33. The Bertz CT molecular complexity index is 172. The van der Waals surface area contributed by atoms with Crippen LogP contribution in [0.25, 0.3) is 0 Å². The average Bonchev–Trinajstić information content (AvgIpc) is 2.31. The van der Waals surface area contributed by atoms with Crippen LogP contribution < -0.4 is 0 Å². The number of oxime groups is 1. The molecular formula is C7H11ClNOS. The highest BCUT2D eigenvalue weighted by atomic mass is 35.5. The highest BCUT2D eigenvalue weighted by molar-refractivity contribution is 8.03. The summed E-state index contributed by atoms with van der Waals surface area (Å²) >= 11 is 7.48. The van der Waals surface area contributed by atoms with Gasteiger partial charge in [0.15, 0.2) is 0 Å². The largest absolute Gasteiger partial charge is 0.411 e. The van der Waals surface area contributed by atoms with E-state index in [-0.39, 0.29) is 4.71 Å². The van der Waals surface area contributed by atoms with Gasteiger partial charge >= 0.3 is 0 Å². The molecule has 1 rings (SSSR count). The summed E-state index contributed by atoms with van der Waals surface area (Å²) in [5, 5.41) is 12.0. The molecule has 1 aliphatic rings. The van der Waals surface area contributed by atoms with Gasteiger partial charge < -0.3 is 5.21 Å². The first-order chi connectivity index (χ1) is 5.15. The van der Waals surface area contributed by atoms with Crippen molar-refractivity contribution in [2.45, 2.75) is 23.3 Å². The van der Waals surface area contributed by atoms with E-state index in [1.807, 2.05) is 6.92 Å². The Balaban J connectivity index is 2.57. The Hall–Kier alpha value is 0.110. The Morgan fingerprint density at radius 2 is 2.55 bits per heavy atom. The van der Waals surface area contributed by atoms with E-state index in [0.29, 0.717) is 16.9 Å². The Morgan fingerprint density at radius 1 is 1.91 bits per heavy atom. The fourth-order valence-electron chi connectivity index (χ4n) is 1.00. The van der Waals surface area contributed by atoms with Crippen LogP contribution in [0.2, 0.25) is 0 Å². The molecular weight excluding hydrogens is 182 g/mol. The van der Waals surface area contributed by atoms with Crippen molar-refractivity contribution >= 4 is 29.1 Å². The maximum atomic E-state index is 8.51. The van der Waals surface area contributed by atoms with Crippen LogP contribution in [0.15, 0.2) is 5.16 Å². The second-order valence-corrected chi connectivity index (χ2v) is 4.81. The summed E-state index contributed by atoms with van der Waals surface area (Å²) in [4.78, 5) is 0. The molecule has 4 heteroatoms. The molecule has 0 aliphatic carbocycles. The molecule has 63 valence electrons. The fourth-order valence-corrected chi connectivity index (χ4v) is 2.67. The molecule has 2 nitrogen and oxygen atoms in total. The van der Waals surface area contributed by atoms with Crippen LogP contribution in [0.5, 0.6) is 0 Å². The van der Waals surface area contributed by atoms with Crippen LogP contribution in [0.3, 0.4) is 0 Å². The lowest BCUT2D eigenvalue weighted by Crippen LogP contribution is -2.08. The lowest BCUT2D eigenvalue weighted by molar-refractivity contribution is 0.317. The lowest BCUT2D eigenvalue weighted by Gasteiger charge is -2.10. The van der Waals surface area contributed by atoms with E-state index in [9.17, 15) is 0 Å². The van der Waals surface area contributed by atoms with Crippen molar-refractivity contribution in [3.63, 3.8) is 0 Å². The standard InChI is InChI=1S/C7H11ClNOS/c1-4(2)6-3-5(9-10)7(8)11-6/h4,6-7,10H,1,3H2,2H3. The molecule has 1 radical (unpaired) electrons. The number of nitrogens with zero attached hydrogens (tertiary/aromatic N) is 1. The molecule has 1 aliphatic heterocycles. The van der Waals surface area contributed by atoms with Gasteiger partial charge in [-0.05, 0) is 12.8 Å². The van der Waals surface area contributed by atoms with Crippen molar-refractivity contribution in [1.29, 1.82) is 0 Å². The van der Waals surface area contributed by atoms with Gasteiger partial charge in [0.1, 0.15) is 4.71 Å². The van der Waals surface area contributed by atoms with E-state index < -0.39 is 0 Å². The number of halogens is 1. The van der Waals surface area contributed by atoms with Gasteiger partial charge in [0.05, 0.1) is 5.71 Å². The van der Waals surface area contributed by atoms with Gasteiger partial charge in [-0.25, -0.2) is 0 Å². The number of thioether (sulfide) groups is 1. The van der Waals surface area contributed by atoms with Crippen LogP contribution in [0.4, 0.5) is 0 Å². The average molecular weight is 193 g/mol. The minimum Gasteiger partial charge on any atom is -0.411 e. The summed E-state index contributed by atoms with van der Waals surface area (Å²) in [5.74, 6) is 0.348. The van der Waals surface area contributed by atoms with Crippen molar-refractivity contribution in [1.82, 2.24) is 0 Å². The summed E-state index contributed by atoms with van der Waals surface area (Å²) in [6.45, 7) is 5.95. The molecule has 3 unspecified atom stereocenters. The third kappa shape index (κ3) is 2.03. The van der Waals surface area contributed by atoms with Crippen LogP contribution in [-0.2, 0) is 0 Å². The van der Waals surface area contributed by atoms with E-state index in [0.717, 1.165) is 6.42 Å². The van der Waals surface area contributed by atoms with Gasteiger partial charge in [-0.15, -0.1) is 23.4 Å². The first-order valence-electron chi connectivity index (χ1n) is 3.48. The van der Waals surface area contributed by atoms with Gasteiger partial charge in [0.2, 0.25) is 0 Å². The summed E-state index contributed by atoms with van der Waals surface area (Å²) in [6.07, 6.45) is 0.764. The predicted octanol–water partition coefficient (Wildman–Crippen LogP) is 2.36. The molecule has 3 atom stereocenters. The SMILES string of the molecule is [CH2]C(C)C1CC(=NO)C(Cl)S1. The maximum Gasteiger partial charge on any atom is 0.121 e. The van der Waals surface area contributed by atoms with Crippen molar-refractivity contribution in [3.8, 4) is 0 Å². The molecule has 0 aromatic carbocycles. The maximum absolute atomic E-state index is 8.51. The Kier molecular flexibility index (Phi) is 3.07. The summed E-state index contributed by atoms with van der Waals surface area (Å²) < 4.78 is -0.158. The lowest BCUT2D eigenvalue weighted by atomic mass is 10.1. The molecule has 0 saturated carbocycles. The van der Waals surface area contributed by atoms with Crippen molar-refractivity contribution in [2.75, 3.05) is 0 Å². The van der Waals surface area contributed by atoms with Gasteiger partial charge in [0.25, 0.3) is 0 Å². The quantitative estimate of drug-likeness (QED) is 0.393. The highest BCUT2D eigenvalue weighted by Crippen LogP contribution is 2.37. The minimum atomic E-state index is -0.158. The smallest absolute Gasteiger partial charge is 0.121 e. The topological polar surface area (TPSA) is 32.6 Å². The number of hydrogen-bond donors (Lipinski definition) is 1. The first-order valence-corrected chi connectivity index (χ1v) is 4.86. The molecule has 1 fully saturated rings. The van der Waals surface area contributed by atoms with Crippen LogP contribution in [0.1, 0.15) is 13.3 Å². The molecule has 1 N–H and O–H groups in total. The molecule has 0 amide bonds. The number of hydrogen-bond acceptors (Lipinski definition) is 3. The third-order valence-electron chi connectivity index (χ3n) is 1.73. The van der Waals surface area contributed by atoms with Crippen molar-refractivity contribution in [3.05, 3.63) is 6.92 Å².